The number of ether oxygens (including phenoxy) is 1. The number of benzene rings is 2. The molecule has 0 unspecified atom stereocenters. The lowest BCUT2D eigenvalue weighted by Gasteiger charge is -2.26. The summed E-state index contributed by atoms with van der Waals surface area (Å²) in [6, 6.07) is 13.9. The van der Waals surface area contributed by atoms with Gasteiger partial charge in [0, 0.05) is 5.69 Å². The predicted molar refractivity (Wildman–Crippen MR) is 115 cm³/mol. The molecule has 144 valence electrons. The van der Waals surface area contributed by atoms with E-state index in [2.05, 4.69) is 43.5 Å². The van der Waals surface area contributed by atoms with E-state index < -0.39 is 0 Å². The van der Waals surface area contributed by atoms with Gasteiger partial charge in [-0.15, -0.1) is 0 Å². The summed E-state index contributed by atoms with van der Waals surface area (Å²) in [5, 5.41) is 7.19. The van der Waals surface area contributed by atoms with Gasteiger partial charge in [-0.25, -0.2) is 4.79 Å². The lowest BCUT2D eigenvalue weighted by atomic mass is 9.93. The van der Waals surface area contributed by atoms with Gasteiger partial charge in [0.15, 0.2) is 5.11 Å². The Balaban J connectivity index is 2.18. The molecule has 0 aliphatic carbocycles. The van der Waals surface area contributed by atoms with E-state index in [0.29, 0.717) is 23.2 Å². The molecule has 0 fully saturated rings. The smallest absolute Gasteiger partial charge is 0.338 e. The van der Waals surface area contributed by atoms with E-state index in [-0.39, 0.29) is 12.0 Å². The monoisotopic (exact) mass is 384 g/mol. The summed E-state index contributed by atoms with van der Waals surface area (Å²) in [4.78, 5) is 12.1. The van der Waals surface area contributed by atoms with Crippen LogP contribution in [0, 0.1) is 19.8 Å². The highest BCUT2D eigenvalue weighted by molar-refractivity contribution is 7.80. The molecule has 27 heavy (non-hydrogen) atoms. The minimum atomic E-state index is -0.322. The Morgan fingerprint density at radius 3 is 2.44 bits per heavy atom. The zero-order valence-electron chi connectivity index (χ0n) is 16.6. The van der Waals surface area contributed by atoms with Crippen molar-refractivity contribution >= 4 is 29.0 Å². The molecule has 0 saturated heterocycles. The summed E-state index contributed by atoms with van der Waals surface area (Å²) < 4.78 is 5.12. The van der Waals surface area contributed by atoms with Crippen molar-refractivity contribution in [3.8, 4) is 0 Å². The van der Waals surface area contributed by atoms with Gasteiger partial charge in [0.1, 0.15) is 0 Å². The van der Waals surface area contributed by atoms with E-state index in [0.717, 1.165) is 11.3 Å². The van der Waals surface area contributed by atoms with Crippen LogP contribution in [-0.4, -0.2) is 17.7 Å². The molecule has 0 aliphatic heterocycles. The van der Waals surface area contributed by atoms with Crippen molar-refractivity contribution in [1.82, 2.24) is 5.32 Å². The van der Waals surface area contributed by atoms with Crippen molar-refractivity contribution < 1.29 is 9.53 Å². The molecule has 0 spiro atoms. The molecule has 0 aromatic heterocycles. The molecule has 0 amide bonds. The van der Waals surface area contributed by atoms with Crippen LogP contribution in [0.15, 0.2) is 42.5 Å². The van der Waals surface area contributed by atoms with Crippen molar-refractivity contribution in [2.45, 2.75) is 40.7 Å². The summed E-state index contributed by atoms with van der Waals surface area (Å²) in [6.45, 7) is 10.5. The number of esters is 1. The Morgan fingerprint density at radius 1 is 1.11 bits per heavy atom. The molecule has 0 bridgehead atoms. The number of nitrogens with one attached hydrogen (secondary N) is 2. The number of aryl methyl sites for hydroxylation is 1. The van der Waals surface area contributed by atoms with Gasteiger partial charge in [-0.3, -0.25) is 0 Å². The van der Waals surface area contributed by atoms with Crippen LogP contribution < -0.4 is 10.6 Å². The molecule has 0 heterocycles. The SMILES string of the molecule is CCOC(=O)c1cccc(NC(=S)N[C@H](c2ccccc2C)C(C)C)c1C. The average molecular weight is 385 g/mol. The van der Waals surface area contributed by atoms with Gasteiger partial charge in [0.05, 0.1) is 18.2 Å². The molecular weight excluding hydrogens is 356 g/mol. The normalized spacial score (nSPS) is 11.8. The molecule has 0 radical (unpaired) electrons. The molecule has 1 atom stereocenters. The lowest BCUT2D eigenvalue weighted by molar-refractivity contribution is 0.0525. The molecule has 2 N–H and O–H groups in total. The number of thiocarbonyl (C=S) groups is 1. The second-order valence-corrected chi connectivity index (χ2v) is 7.28. The van der Waals surface area contributed by atoms with Crippen molar-refractivity contribution in [3.05, 3.63) is 64.7 Å². The van der Waals surface area contributed by atoms with E-state index in [1.165, 1.54) is 11.1 Å². The number of carbonyl (C=O) groups is 1. The van der Waals surface area contributed by atoms with E-state index in [9.17, 15) is 4.79 Å². The number of rotatable bonds is 6. The van der Waals surface area contributed by atoms with Crippen molar-refractivity contribution in [2.75, 3.05) is 11.9 Å². The zero-order valence-corrected chi connectivity index (χ0v) is 17.4. The second-order valence-electron chi connectivity index (χ2n) is 6.88. The summed E-state index contributed by atoms with van der Waals surface area (Å²) in [5.41, 5.74) is 4.62. The minimum absolute atomic E-state index is 0.0970. The number of hydrogen-bond donors (Lipinski definition) is 2. The van der Waals surface area contributed by atoms with Crippen LogP contribution >= 0.6 is 12.2 Å². The first-order valence-corrected chi connectivity index (χ1v) is 9.65. The van der Waals surface area contributed by atoms with Gasteiger partial charge < -0.3 is 15.4 Å². The molecule has 4 nitrogen and oxygen atoms in total. The van der Waals surface area contributed by atoms with Gasteiger partial charge in [-0.1, -0.05) is 44.2 Å². The summed E-state index contributed by atoms with van der Waals surface area (Å²) in [7, 11) is 0. The first-order valence-electron chi connectivity index (χ1n) is 9.24. The topological polar surface area (TPSA) is 50.4 Å². The highest BCUT2D eigenvalue weighted by atomic mass is 32.1. The van der Waals surface area contributed by atoms with E-state index >= 15 is 0 Å². The van der Waals surface area contributed by atoms with Crippen LogP contribution in [0.3, 0.4) is 0 Å². The molecule has 5 heteroatoms. The molecule has 0 saturated carbocycles. The Hall–Kier alpha value is -2.40. The number of anilines is 1. The fourth-order valence-corrected chi connectivity index (χ4v) is 3.28. The van der Waals surface area contributed by atoms with Gasteiger partial charge in [-0.05, 0) is 67.7 Å². The fraction of sp³-hybridized carbons (Fsp3) is 0.364. The Labute approximate surface area is 167 Å². The Bertz CT molecular complexity index is 818. The maximum atomic E-state index is 12.1. The van der Waals surface area contributed by atoms with E-state index in [1.54, 1.807) is 13.0 Å². The standard InChI is InChI=1S/C22H28N2O2S/c1-6-26-21(25)18-12-9-13-19(16(18)5)23-22(27)24-20(14(2)3)17-11-8-7-10-15(17)4/h7-14,20H,6H2,1-5H3,(H2,23,24,27)/t20-/m0/s1. The number of carbonyl (C=O) groups excluding carboxylic acids is 1. The summed E-state index contributed by atoms with van der Waals surface area (Å²) in [6.07, 6.45) is 0. The van der Waals surface area contributed by atoms with Crippen LogP contribution in [0.25, 0.3) is 0 Å². The van der Waals surface area contributed by atoms with Crippen LogP contribution in [0.1, 0.15) is 53.9 Å². The maximum absolute atomic E-state index is 12.1. The van der Waals surface area contributed by atoms with E-state index in [4.69, 9.17) is 17.0 Å². The lowest BCUT2D eigenvalue weighted by Crippen LogP contribution is -2.35. The van der Waals surface area contributed by atoms with E-state index in [1.807, 2.05) is 31.2 Å². The van der Waals surface area contributed by atoms with Crippen LogP contribution in [-0.2, 0) is 4.74 Å². The van der Waals surface area contributed by atoms with Crippen molar-refractivity contribution in [1.29, 1.82) is 0 Å². The second kappa shape index (κ2) is 9.51. The Kier molecular flexibility index (Phi) is 7.36. The molecular formula is C22H28N2O2S. The first-order chi connectivity index (χ1) is 12.8. The predicted octanol–water partition coefficient (Wildman–Crippen LogP) is 5.16. The third-order valence-electron chi connectivity index (χ3n) is 4.55. The van der Waals surface area contributed by atoms with Crippen molar-refractivity contribution in [2.24, 2.45) is 5.92 Å². The van der Waals surface area contributed by atoms with Crippen LogP contribution in [0.2, 0.25) is 0 Å². The molecule has 2 aromatic carbocycles. The quantitative estimate of drug-likeness (QED) is 0.532. The van der Waals surface area contributed by atoms with Gasteiger partial charge in [0.25, 0.3) is 0 Å². The van der Waals surface area contributed by atoms with Gasteiger partial charge in [-0.2, -0.15) is 0 Å². The number of hydrogen-bond acceptors (Lipinski definition) is 3. The highest BCUT2D eigenvalue weighted by Crippen LogP contribution is 2.25. The summed E-state index contributed by atoms with van der Waals surface area (Å²) >= 11 is 5.56. The zero-order chi connectivity index (χ0) is 20.0. The molecule has 0 aliphatic rings. The van der Waals surface area contributed by atoms with Crippen molar-refractivity contribution in [3.63, 3.8) is 0 Å². The van der Waals surface area contributed by atoms with Gasteiger partial charge >= 0.3 is 5.97 Å². The maximum Gasteiger partial charge on any atom is 0.338 e. The third kappa shape index (κ3) is 5.30. The average Bonchev–Trinajstić information content (AvgIpc) is 2.62. The Morgan fingerprint density at radius 2 is 1.81 bits per heavy atom. The third-order valence-corrected chi connectivity index (χ3v) is 4.77. The fourth-order valence-electron chi connectivity index (χ4n) is 3.04. The highest BCUT2D eigenvalue weighted by Gasteiger charge is 2.19. The van der Waals surface area contributed by atoms with Crippen LogP contribution in [0.5, 0.6) is 0 Å². The first kappa shape index (κ1) is 20.9. The molecule has 2 rings (SSSR count). The van der Waals surface area contributed by atoms with Crippen LogP contribution in [0.4, 0.5) is 5.69 Å². The summed E-state index contributed by atoms with van der Waals surface area (Å²) in [5.74, 6) is 0.0373. The van der Waals surface area contributed by atoms with Gasteiger partial charge in [0.2, 0.25) is 0 Å². The largest absolute Gasteiger partial charge is 0.462 e. The molecule has 2 aromatic rings. The minimum Gasteiger partial charge on any atom is -0.462 e.